The van der Waals surface area contributed by atoms with E-state index in [1.807, 2.05) is 77.9 Å². The average Bonchev–Trinajstić information content (AvgIpc) is 2.47. The van der Waals surface area contributed by atoms with Crippen molar-refractivity contribution in [2.75, 3.05) is 0 Å². The Kier molecular flexibility index (Phi) is 12.0. The Balaban J connectivity index is 0. The Hall–Kier alpha value is -1.15. The number of Topliss-reactive ketones (excluding diaryl/α,β-unsaturated/α-hetero) is 1. The van der Waals surface area contributed by atoms with Gasteiger partial charge in [-0.2, -0.15) is 0 Å². The molecule has 2 heteroatoms. The van der Waals surface area contributed by atoms with Crippen molar-refractivity contribution in [3.05, 3.63) is 36.4 Å². The number of benzene rings is 1. The van der Waals surface area contributed by atoms with Crippen LogP contribution in [0.5, 0.6) is 0 Å². The van der Waals surface area contributed by atoms with Gasteiger partial charge in [-0.3, -0.25) is 4.79 Å². The Morgan fingerprint density at radius 2 is 1.18 bits per heavy atom. The van der Waals surface area contributed by atoms with E-state index in [-0.39, 0.29) is 17.0 Å². The van der Waals surface area contributed by atoms with Gasteiger partial charge in [0.25, 0.3) is 0 Å². The average molecular weight is 308 g/mol. The minimum absolute atomic E-state index is 0.00157. The van der Waals surface area contributed by atoms with Crippen molar-refractivity contribution in [2.24, 2.45) is 5.41 Å². The molecule has 1 aromatic rings. The van der Waals surface area contributed by atoms with Crippen molar-refractivity contribution in [3.8, 4) is 0 Å². The summed E-state index contributed by atoms with van der Waals surface area (Å²) in [6.45, 7) is 18.2. The molecule has 0 aliphatic rings. The van der Waals surface area contributed by atoms with Gasteiger partial charge >= 0.3 is 0 Å². The van der Waals surface area contributed by atoms with Gasteiger partial charge in [-0.25, -0.2) is 0 Å². The largest absolute Gasteiger partial charge is 0.303 e. The van der Waals surface area contributed by atoms with Crippen LogP contribution in [0, 0.1) is 5.41 Å². The van der Waals surface area contributed by atoms with Gasteiger partial charge in [0.15, 0.2) is 5.78 Å². The third-order valence-electron chi connectivity index (χ3n) is 2.74. The first-order valence-corrected chi connectivity index (χ1v) is 8.40. The number of carbonyl (C=O) groups is 1. The van der Waals surface area contributed by atoms with Gasteiger partial charge in [0.2, 0.25) is 0 Å². The summed E-state index contributed by atoms with van der Waals surface area (Å²) in [4.78, 5) is 12.0. The van der Waals surface area contributed by atoms with E-state index in [2.05, 4.69) is 26.1 Å². The highest BCUT2D eigenvalue weighted by atomic mass is 16.1. The molecule has 0 saturated heterocycles. The molecule has 0 aromatic heterocycles. The molecule has 1 N–H and O–H groups in total. The summed E-state index contributed by atoms with van der Waals surface area (Å²) in [5.74, 6) is 0.301. The van der Waals surface area contributed by atoms with Crippen LogP contribution in [0.3, 0.4) is 0 Å². The maximum atomic E-state index is 12.0. The second-order valence-electron chi connectivity index (χ2n) is 7.12. The number of ketones is 1. The molecule has 0 saturated carbocycles. The fourth-order valence-electron chi connectivity index (χ4n) is 1.78. The number of rotatable bonds is 3. The van der Waals surface area contributed by atoms with Crippen LogP contribution in [0.1, 0.15) is 68.7 Å². The Morgan fingerprint density at radius 1 is 0.864 bits per heavy atom. The number of nitrogens with one attached hydrogen (secondary N) is 1. The molecule has 0 heterocycles. The molecule has 0 aliphatic heterocycles. The molecular formula is C20H37NO. The predicted octanol–water partition coefficient (Wildman–Crippen LogP) is 5.48. The molecule has 1 atom stereocenters. The first kappa shape index (κ1) is 23.1. The second-order valence-corrected chi connectivity index (χ2v) is 7.12. The van der Waals surface area contributed by atoms with Crippen LogP contribution < -0.4 is 5.32 Å². The number of carbonyl (C=O) groups excluding carboxylic acids is 1. The highest BCUT2D eigenvalue weighted by molar-refractivity contribution is 5.88. The highest BCUT2D eigenvalue weighted by Crippen LogP contribution is 2.19. The van der Waals surface area contributed by atoms with Crippen molar-refractivity contribution < 1.29 is 4.79 Å². The summed E-state index contributed by atoms with van der Waals surface area (Å²) in [5.41, 5.74) is -0.249. The summed E-state index contributed by atoms with van der Waals surface area (Å²) in [7, 11) is 0. The molecule has 0 fully saturated rings. The Bertz CT molecular complexity index is 344. The van der Waals surface area contributed by atoms with Crippen molar-refractivity contribution in [1.82, 2.24) is 5.32 Å². The van der Waals surface area contributed by atoms with Crippen LogP contribution in [0.2, 0.25) is 0 Å². The zero-order valence-corrected chi connectivity index (χ0v) is 16.2. The molecule has 0 radical (unpaired) electrons. The molecule has 0 spiro atoms. The van der Waals surface area contributed by atoms with Crippen LogP contribution in [0.15, 0.2) is 36.4 Å². The fourth-order valence-corrected chi connectivity index (χ4v) is 1.78. The maximum Gasteiger partial charge on any atom is 0.155 e. The van der Waals surface area contributed by atoms with Crippen molar-refractivity contribution in [1.29, 1.82) is 0 Å². The molecule has 1 unspecified atom stereocenters. The maximum absolute atomic E-state index is 12.0. The van der Waals surface area contributed by atoms with E-state index >= 15 is 0 Å². The first-order chi connectivity index (χ1) is 10.1. The first-order valence-electron chi connectivity index (χ1n) is 8.40. The summed E-state index contributed by atoms with van der Waals surface area (Å²) in [6, 6.07) is 12.0. The smallest absolute Gasteiger partial charge is 0.155 e. The van der Waals surface area contributed by atoms with E-state index in [1.54, 1.807) is 0 Å². The molecule has 1 aromatic carbocycles. The van der Waals surface area contributed by atoms with Gasteiger partial charge in [-0.05, 0) is 27.2 Å². The van der Waals surface area contributed by atoms with E-state index in [0.29, 0.717) is 5.78 Å². The quantitative estimate of drug-likeness (QED) is 0.801. The van der Waals surface area contributed by atoms with Gasteiger partial charge in [0, 0.05) is 11.0 Å². The molecule has 2 nitrogen and oxygen atoms in total. The predicted molar refractivity (Wildman–Crippen MR) is 99.2 cm³/mol. The van der Waals surface area contributed by atoms with Crippen LogP contribution in [0.25, 0.3) is 0 Å². The summed E-state index contributed by atoms with van der Waals surface area (Å²) >= 11 is 0. The van der Waals surface area contributed by atoms with E-state index < -0.39 is 0 Å². The van der Waals surface area contributed by atoms with E-state index in [4.69, 9.17) is 0 Å². The molecule has 0 aliphatic carbocycles. The third-order valence-corrected chi connectivity index (χ3v) is 2.74. The summed E-state index contributed by atoms with van der Waals surface area (Å²) in [5, 5.41) is 3.36. The lowest BCUT2D eigenvalue weighted by Crippen LogP contribution is -2.50. The number of hydrogen-bond donors (Lipinski definition) is 1. The lowest BCUT2D eigenvalue weighted by molar-refractivity contribution is -0.129. The lowest BCUT2D eigenvalue weighted by atomic mass is 9.85. The topological polar surface area (TPSA) is 29.1 Å². The molecular weight excluding hydrogens is 270 g/mol. The zero-order chi connectivity index (χ0) is 17.8. The van der Waals surface area contributed by atoms with Gasteiger partial charge < -0.3 is 5.32 Å². The van der Waals surface area contributed by atoms with Crippen molar-refractivity contribution in [3.63, 3.8) is 0 Å². The zero-order valence-electron chi connectivity index (χ0n) is 16.2. The van der Waals surface area contributed by atoms with Gasteiger partial charge in [0.1, 0.15) is 0 Å². The lowest BCUT2D eigenvalue weighted by Gasteiger charge is -2.31. The Labute approximate surface area is 138 Å². The molecule has 1 rings (SSSR count). The summed E-state index contributed by atoms with van der Waals surface area (Å²) < 4.78 is 0. The van der Waals surface area contributed by atoms with Crippen LogP contribution in [-0.4, -0.2) is 17.4 Å². The minimum atomic E-state index is -0.251. The van der Waals surface area contributed by atoms with Crippen LogP contribution in [0.4, 0.5) is 0 Å². The standard InChI is InChI=1S/C12H25NO.C6H6.C2H6/c1-8-9(13-12(5,6)7)10(14)11(2,3)4;1-2-4-6-5-3-1;1-2/h9,13H,8H2,1-7H3;1-6H;1-2H3. The second kappa shape index (κ2) is 11.4. The van der Waals surface area contributed by atoms with Gasteiger partial charge in [-0.15, -0.1) is 0 Å². The van der Waals surface area contributed by atoms with Crippen molar-refractivity contribution in [2.45, 2.75) is 80.3 Å². The minimum Gasteiger partial charge on any atom is -0.303 e. The number of hydrogen-bond acceptors (Lipinski definition) is 2. The Morgan fingerprint density at radius 3 is 1.36 bits per heavy atom. The fraction of sp³-hybridized carbons (Fsp3) is 0.650. The normalized spacial score (nSPS) is 12.2. The monoisotopic (exact) mass is 307 g/mol. The van der Waals surface area contributed by atoms with Crippen LogP contribution in [-0.2, 0) is 4.79 Å². The molecule has 0 bridgehead atoms. The third kappa shape index (κ3) is 12.6. The van der Waals surface area contributed by atoms with Crippen LogP contribution >= 0.6 is 0 Å². The van der Waals surface area contributed by atoms with Gasteiger partial charge in [-0.1, -0.05) is 77.9 Å². The van der Waals surface area contributed by atoms with Gasteiger partial charge in [0.05, 0.1) is 6.04 Å². The van der Waals surface area contributed by atoms with Crippen molar-refractivity contribution >= 4 is 5.78 Å². The van der Waals surface area contributed by atoms with E-state index in [1.165, 1.54) is 0 Å². The highest BCUT2D eigenvalue weighted by Gasteiger charge is 2.30. The molecule has 22 heavy (non-hydrogen) atoms. The molecule has 128 valence electrons. The summed E-state index contributed by atoms with van der Waals surface area (Å²) in [6.07, 6.45) is 0.855. The molecule has 0 amide bonds. The van der Waals surface area contributed by atoms with E-state index in [9.17, 15) is 4.79 Å². The SMILES string of the molecule is CC.CCC(NC(C)(C)C)C(=O)C(C)(C)C.c1ccccc1. The van der Waals surface area contributed by atoms with E-state index in [0.717, 1.165) is 6.42 Å².